The van der Waals surface area contributed by atoms with E-state index in [0.717, 1.165) is 4.88 Å². The van der Waals surface area contributed by atoms with E-state index < -0.39 is 6.04 Å². The molecule has 7 nitrogen and oxygen atoms in total. The van der Waals surface area contributed by atoms with Gasteiger partial charge in [0.05, 0.1) is 19.6 Å². The Morgan fingerprint density at radius 2 is 1.84 bits per heavy atom. The highest BCUT2D eigenvalue weighted by Crippen LogP contribution is 2.30. The van der Waals surface area contributed by atoms with Crippen LogP contribution in [-0.4, -0.2) is 60.9 Å². The van der Waals surface area contributed by atoms with Gasteiger partial charge in [0.2, 0.25) is 11.8 Å². The van der Waals surface area contributed by atoms with Gasteiger partial charge in [-0.3, -0.25) is 14.5 Å². The third kappa shape index (κ3) is 5.84. The Morgan fingerprint density at radius 3 is 2.42 bits per heavy atom. The molecule has 0 unspecified atom stereocenters. The van der Waals surface area contributed by atoms with E-state index in [1.165, 1.54) is 25.4 Å². The summed E-state index contributed by atoms with van der Waals surface area (Å²) >= 11 is 7.85. The van der Waals surface area contributed by atoms with Gasteiger partial charge in [0.1, 0.15) is 6.04 Å². The Kier molecular flexibility index (Phi) is 8.06. The lowest BCUT2D eigenvalue weighted by Gasteiger charge is -2.38. The van der Waals surface area contributed by atoms with Crippen LogP contribution in [0.5, 0.6) is 0 Å². The maximum atomic E-state index is 12.9. The highest BCUT2D eigenvalue weighted by atomic mass is 35.5. The standard InChI is InChI=1S/C22H26ClN3O4S/c1-15(27)24-18(19-8-5-13-31-19)14-20(28)25-9-11-26(12-10-25)21(22(29)30-2)16-6-3-4-7-17(16)23/h3-8,13,18,21H,9-12,14H2,1-2H3,(H,24,27)/t18-,21-/m1/s1. The number of carbonyl (C=O) groups is 3. The molecule has 1 aromatic heterocycles. The number of ether oxygens (including phenoxy) is 1. The van der Waals surface area contributed by atoms with Gasteiger partial charge in [0.15, 0.2) is 0 Å². The maximum Gasteiger partial charge on any atom is 0.327 e. The number of methoxy groups -OCH3 is 1. The summed E-state index contributed by atoms with van der Waals surface area (Å²) in [5.74, 6) is -0.577. The highest BCUT2D eigenvalue weighted by molar-refractivity contribution is 7.10. The van der Waals surface area contributed by atoms with Crippen molar-refractivity contribution in [2.75, 3.05) is 33.3 Å². The minimum absolute atomic E-state index is 0.0286. The summed E-state index contributed by atoms with van der Waals surface area (Å²) in [5.41, 5.74) is 0.694. The van der Waals surface area contributed by atoms with E-state index in [0.29, 0.717) is 36.8 Å². The van der Waals surface area contributed by atoms with Crippen LogP contribution in [0.2, 0.25) is 5.02 Å². The van der Waals surface area contributed by atoms with Gasteiger partial charge >= 0.3 is 5.97 Å². The van der Waals surface area contributed by atoms with Gasteiger partial charge in [-0.1, -0.05) is 35.9 Å². The summed E-state index contributed by atoms with van der Waals surface area (Å²) in [4.78, 5) is 41.7. The van der Waals surface area contributed by atoms with Crippen LogP contribution in [0.25, 0.3) is 0 Å². The smallest absolute Gasteiger partial charge is 0.327 e. The van der Waals surface area contributed by atoms with E-state index in [9.17, 15) is 14.4 Å². The zero-order valence-corrected chi connectivity index (χ0v) is 19.1. The number of rotatable bonds is 7. The van der Waals surface area contributed by atoms with Gasteiger partial charge < -0.3 is 15.0 Å². The summed E-state index contributed by atoms with van der Waals surface area (Å²) in [6.45, 7) is 3.44. The van der Waals surface area contributed by atoms with Crippen molar-refractivity contribution < 1.29 is 19.1 Å². The number of amides is 2. The Balaban J connectivity index is 1.66. The topological polar surface area (TPSA) is 79.0 Å². The fourth-order valence-corrected chi connectivity index (χ4v) is 4.79. The fraction of sp³-hybridized carbons (Fsp3) is 0.409. The molecular weight excluding hydrogens is 438 g/mol. The first kappa shape index (κ1) is 23.2. The van der Waals surface area contributed by atoms with Gasteiger partial charge in [-0.25, -0.2) is 4.79 Å². The molecule has 2 atom stereocenters. The van der Waals surface area contributed by atoms with Crippen LogP contribution in [-0.2, 0) is 19.1 Å². The average Bonchev–Trinajstić information content (AvgIpc) is 3.29. The first-order valence-corrected chi connectivity index (χ1v) is 11.3. The zero-order chi connectivity index (χ0) is 22.4. The molecular formula is C22H26ClN3O4S. The number of halogens is 1. The lowest BCUT2D eigenvalue weighted by atomic mass is 10.0. The van der Waals surface area contributed by atoms with Crippen molar-refractivity contribution >= 4 is 40.7 Å². The van der Waals surface area contributed by atoms with E-state index in [1.807, 2.05) is 40.6 Å². The first-order valence-electron chi connectivity index (χ1n) is 10.0. The number of hydrogen-bond donors (Lipinski definition) is 1. The van der Waals surface area contributed by atoms with Crippen molar-refractivity contribution in [3.8, 4) is 0 Å². The number of nitrogens with one attached hydrogen (secondary N) is 1. The van der Waals surface area contributed by atoms with E-state index in [1.54, 1.807) is 11.0 Å². The second kappa shape index (κ2) is 10.7. The molecule has 0 aliphatic carbocycles. The summed E-state index contributed by atoms with van der Waals surface area (Å²) in [6, 6.07) is 10.1. The van der Waals surface area contributed by atoms with Gasteiger partial charge in [-0.05, 0) is 23.1 Å². The molecule has 1 fully saturated rings. The van der Waals surface area contributed by atoms with Crippen LogP contribution >= 0.6 is 22.9 Å². The number of carbonyl (C=O) groups excluding carboxylic acids is 3. The largest absolute Gasteiger partial charge is 0.468 e. The first-order chi connectivity index (χ1) is 14.9. The third-order valence-corrected chi connectivity index (χ3v) is 6.63. The lowest BCUT2D eigenvalue weighted by molar-refractivity contribution is -0.148. The third-order valence-electron chi connectivity index (χ3n) is 5.30. The molecule has 0 radical (unpaired) electrons. The number of piperazine rings is 1. The van der Waals surface area contributed by atoms with Crippen molar-refractivity contribution in [1.29, 1.82) is 0 Å². The molecule has 31 heavy (non-hydrogen) atoms. The average molecular weight is 464 g/mol. The lowest BCUT2D eigenvalue weighted by Crippen LogP contribution is -2.51. The molecule has 2 amide bonds. The second-order valence-electron chi connectivity index (χ2n) is 7.34. The quantitative estimate of drug-likeness (QED) is 0.638. The van der Waals surface area contributed by atoms with Crippen molar-refractivity contribution in [2.24, 2.45) is 0 Å². The van der Waals surface area contributed by atoms with E-state index in [4.69, 9.17) is 16.3 Å². The monoisotopic (exact) mass is 463 g/mol. The number of benzene rings is 1. The zero-order valence-electron chi connectivity index (χ0n) is 17.5. The highest BCUT2D eigenvalue weighted by Gasteiger charge is 2.34. The normalized spacial score (nSPS) is 16.4. The van der Waals surface area contributed by atoms with Gasteiger partial charge in [-0.15, -0.1) is 11.3 Å². The van der Waals surface area contributed by atoms with Gasteiger partial charge in [-0.2, -0.15) is 0 Å². The molecule has 1 saturated heterocycles. The molecule has 1 aliphatic rings. The molecule has 1 aliphatic heterocycles. The Bertz CT molecular complexity index is 913. The Hall–Kier alpha value is -2.42. The molecule has 2 heterocycles. The number of esters is 1. The second-order valence-corrected chi connectivity index (χ2v) is 8.72. The van der Waals surface area contributed by atoms with E-state index in [2.05, 4.69) is 5.32 Å². The molecule has 166 valence electrons. The number of hydrogen-bond acceptors (Lipinski definition) is 6. The molecule has 1 N–H and O–H groups in total. The SMILES string of the molecule is COC(=O)[C@@H](c1ccccc1Cl)N1CCN(C(=O)C[C@@H](NC(C)=O)c2cccs2)CC1. The van der Waals surface area contributed by atoms with Crippen molar-refractivity contribution in [1.82, 2.24) is 15.1 Å². The van der Waals surface area contributed by atoms with E-state index >= 15 is 0 Å². The molecule has 0 saturated carbocycles. The fourth-order valence-electron chi connectivity index (χ4n) is 3.77. The number of thiophene rings is 1. The molecule has 3 rings (SSSR count). The van der Waals surface area contributed by atoms with Crippen molar-refractivity contribution in [2.45, 2.75) is 25.4 Å². The predicted octanol–water partition coefficient (Wildman–Crippen LogP) is 3.03. The van der Waals surface area contributed by atoms with Crippen LogP contribution in [0.15, 0.2) is 41.8 Å². The molecule has 2 aromatic rings. The van der Waals surface area contributed by atoms with Gasteiger partial charge in [0.25, 0.3) is 0 Å². The van der Waals surface area contributed by atoms with Crippen LogP contribution in [0, 0.1) is 0 Å². The molecule has 9 heteroatoms. The minimum atomic E-state index is -0.616. The minimum Gasteiger partial charge on any atom is -0.468 e. The Morgan fingerprint density at radius 1 is 1.13 bits per heavy atom. The molecule has 0 bridgehead atoms. The molecule has 0 spiro atoms. The number of nitrogens with zero attached hydrogens (tertiary/aromatic N) is 2. The van der Waals surface area contributed by atoms with E-state index in [-0.39, 0.29) is 30.2 Å². The van der Waals surface area contributed by atoms with Crippen molar-refractivity contribution in [3.63, 3.8) is 0 Å². The van der Waals surface area contributed by atoms with Gasteiger partial charge in [0, 0.05) is 43.0 Å². The maximum absolute atomic E-state index is 12.9. The molecule has 1 aromatic carbocycles. The summed E-state index contributed by atoms with van der Waals surface area (Å²) < 4.78 is 5.02. The summed E-state index contributed by atoms with van der Waals surface area (Å²) in [7, 11) is 1.36. The van der Waals surface area contributed by atoms with Crippen LogP contribution in [0.1, 0.15) is 35.9 Å². The van der Waals surface area contributed by atoms with Crippen molar-refractivity contribution in [3.05, 3.63) is 57.2 Å². The Labute approximate surface area is 190 Å². The van der Waals surface area contributed by atoms with Crippen LogP contribution in [0.3, 0.4) is 0 Å². The summed E-state index contributed by atoms with van der Waals surface area (Å²) in [6.07, 6.45) is 0.199. The predicted molar refractivity (Wildman–Crippen MR) is 120 cm³/mol. The van der Waals surface area contributed by atoms with Crippen LogP contribution < -0.4 is 5.32 Å². The van der Waals surface area contributed by atoms with Crippen LogP contribution in [0.4, 0.5) is 0 Å². The summed E-state index contributed by atoms with van der Waals surface area (Å²) in [5, 5.41) is 5.30.